The molecule has 9 nitrogen and oxygen atoms in total. The normalized spacial score (nSPS) is 17.3. The second-order valence-electron chi connectivity index (χ2n) is 6.27. The molecule has 0 radical (unpaired) electrons. The van der Waals surface area contributed by atoms with Crippen molar-refractivity contribution in [3.05, 3.63) is 31.1 Å². The van der Waals surface area contributed by atoms with Gasteiger partial charge in [-0.25, -0.2) is 15.0 Å². The SMILES string of the molecule is CN(CC(=O)N1CCC[C@@H]1Cn1cccn1)c1ncnc2nc[nH]c12. The first-order chi connectivity index (χ1) is 12.2. The number of aromatic amines is 1. The average Bonchev–Trinajstić information content (AvgIpc) is 3.36. The summed E-state index contributed by atoms with van der Waals surface area (Å²) in [7, 11) is 1.86. The third kappa shape index (κ3) is 3.04. The van der Waals surface area contributed by atoms with Gasteiger partial charge in [0.1, 0.15) is 11.8 Å². The highest BCUT2D eigenvalue weighted by atomic mass is 16.2. The number of H-pyrrole nitrogens is 1. The van der Waals surface area contributed by atoms with E-state index in [0.717, 1.165) is 31.4 Å². The van der Waals surface area contributed by atoms with Gasteiger partial charge >= 0.3 is 0 Å². The number of amides is 1. The molecule has 1 N–H and O–H groups in total. The number of nitrogens with zero attached hydrogens (tertiary/aromatic N) is 7. The average molecular weight is 340 g/mol. The summed E-state index contributed by atoms with van der Waals surface area (Å²) >= 11 is 0. The maximum Gasteiger partial charge on any atom is 0.242 e. The van der Waals surface area contributed by atoms with Gasteiger partial charge in [0.15, 0.2) is 11.5 Å². The zero-order valence-corrected chi connectivity index (χ0v) is 14.0. The van der Waals surface area contributed by atoms with Crippen molar-refractivity contribution in [3.8, 4) is 0 Å². The monoisotopic (exact) mass is 340 g/mol. The van der Waals surface area contributed by atoms with Gasteiger partial charge in [-0.2, -0.15) is 5.10 Å². The van der Waals surface area contributed by atoms with Crippen LogP contribution in [0.15, 0.2) is 31.1 Å². The standard InChI is InChI=1S/C16H20N8O/c1-22(16-14-15(18-10-17-14)19-11-20-16)9-13(25)24-7-2-4-12(24)8-23-6-3-5-21-23/h3,5-6,10-12H,2,4,7-9H2,1H3,(H,17,18,19,20)/t12-/m1/s1. The van der Waals surface area contributed by atoms with E-state index in [1.165, 1.54) is 6.33 Å². The van der Waals surface area contributed by atoms with Crippen LogP contribution in [0.4, 0.5) is 5.82 Å². The number of hydrogen-bond donors (Lipinski definition) is 1. The fraction of sp³-hybridized carbons (Fsp3) is 0.438. The van der Waals surface area contributed by atoms with Crippen LogP contribution in [0, 0.1) is 0 Å². The minimum Gasteiger partial charge on any atom is -0.348 e. The van der Waals surface area contributed by atoms with Crippen molar-refractivity contribution in [2.75, 3.05) is 25.0 Å². The molecule has 25 heavy (non-hydrogen) atoms. The van der Waals surface area contributed by atoms with E-state index in [1.807, 2.05) is 33.8 Å². The van der Waals surface area contributed by atoms with Crippen LogP contribution in [0.3, 0.4) is 0 Å². The largest absolute Gasteiger partial charge is 0.348 e. The summed E-state index contributed by atoms with van der Waals surface area (Å²) in [5.74, 6) is 0.780. The lowest BCUT2D eigenvalue weighted by atomic mass is 10.2. The number of imidazole rings is 1. The Bertz CT molecular complexity index is 858. The number of nitrogens with one attached hydrogen (secondary N) is 1. The third-order valence-electron chi connectivity index (χ3n) is 4.59. The number of carbonyl (C=O) groups is 1. The summed E-state index contributed by atoms with van der Waals surface area (Å²) in [6.45, 7) is 1.79. The first-order valence-electron chi connectivity index (χ1n) is 8.34. The van der Waals surface area contributed by atoms with Gasteiger partial charge in [-0.1, -0.05) is 0 Å². The van der Waals surface area contributed by atoms with Crippen LogP contribution < -0.4 is 4.90 Å². The molecule has 0 saturated carbocycles. The number of aromatic nitrogens is 6. The van der Waals surface area contributed by atoms with Gasteiger partial charge < -0.3 is 14.8 Å². The molecule has 1 aliphatic rings. The maximum atomic E-state index is 12.8. The quantitative estimate of drug-likeness (QED) is 0.734. The number of hydrogen-bond acceptors (Lipinski definition) is 6. The topological polar surface area (TPSA) is 95.8 Å². The smallest absolute Gasteiger partial charge is 0.242 e. The van der Waals surface area contributed by atoms with Crippen molar-refractivity contribution in [1.29, 1.82) is 0 Å². The molecule has 0 unspecified atom stereocenters. The van der Waals surface area contributed by atoms with E-state index in [4.69, 9.17) is 0 Å². The molecule has 0 aliphatic carbocycles. The Labute approximate surface area is 144 Å². The second kappa shape index (κ2) is 6.50. The fourth-order valence-electron chi connectivity index (χ4n) is 3.39. The Hall–Kier alpha value is -2.97. The Morgan fingerprint density at radius 1 is 1.40 bits per heavy atom. The molecule has 1 fully saturated rings. The number of carbonyl (C=O) groups excluding carboxylic acids is 1. The molecular formula is C16H20N8O. The summed E-state index contributed by atoms with van der Waals surface area (Å²) in [5.41, 5.74) is 1.34. The maximum absolute atomic E-state index is 12.8. The van der Waals surface area contributed by atoms with Crippen LogP contribution in [-0.4, -0.2) is 66.7 Å². The predicted molar refractivity (Wildman–Crippen MR) is 91.9 cm³/mol. The third-order valence-corrected chi connectivity index (χ3v) is 4.59. The molecule has 0 aromatic carbocycles. The first-order valence-corrected chi connectivity index (χ1v) is 8.34. The Morgan fingerprint density at radius 3 is 3.16 bits per heavy atom. The van der Waals surface area contributed by atoms with Gasteiger partial charge in [-0.15, -0.1) is 0 Å². The molecule has 4 heterocycles. The highest BCUT2D eigenvalue weighted by Gasteiger charge is 2.30. The molecule has 0 spiro atoms. The van der Waals surface area contributed by atoms with E-state index >= 15 is 0 Å². The van der Waals surface area contributed by atoms with Gasteiger partial charge in [-0.05, 0) is 18.9 Å². The highest BCUT2D eigenvalue weighted by Crippen LogP contribution is 2.21. The lowest BCUT2D eigenvalue weighted by molar-refractivity contribution is -0.130. The van der Waals surface area contributed by atoms with E-state index in [9.17, 15) is 4.79 Å². The fourth-order valence-corrected chi connectivity index (χ4v) is 3.39. The van der Waals surface area contributed by atoms with E-state index in [-0.39, 0.29) is 18.5 Å². The molecule has 1 atom stereocenters. The first kappa shape index (κ1) is 15.6. The molecule has 1 amide bonds. The van der Waals surface area contributed by atoms with Crippen molar-refractivity contribution in [2.24, 2.45) is 0 Å². The molecule has 0 bridgehead atoms. The number of likely N-dealkylation sites (tertiary alicyclic amines) is 1. The van der Waals surface area contributed by atoms with Crippen LogP contribution in [0.2, 0.25) is 0 Å². The summed E-state index contributed by atoms with van der Waals surface area (Å²) in [6.07, 6.45) is 8.78. The van der Waals surface area contributed by atoms with Crippen molar-refractivity contribution in [3.63, 3.8) is 0 Å². The summed E-state index contributed by atoms with van der Waals surface area (Å²) < 4.78 is 1.89. The summed E-state index contributed by atoms with van der Waals surface area (Å²) in [6, 6.07) is 2.10. The number of fused-ring (bicyclic) bond motifs is 1. The second-order valence-corrected chi connectivity index (χ2v) is 6.27. The van der Waals surface area contributed by atoms with Crippen LogP contribution in [0.5, 0.6) is 0 Å². The number of rotatable bonds is 5. The zero-order chi connectivity index (χ0) is 17.2. The number of likely N-dealkylation sites (N-methyl/N-ethyl adjacent to an activating group) is 1. The minimum atomic E-state index is 0.100. The lowest BCUT2D eigenvalue weighted by Crippen LogP contribution is -2.43. The van der Waals surface area contributed by atoms with Crippen molar-refractivity contribution < 1.29 is 4.79 Å². The van der Waals surface area contributed by atoms with Crippen LogP contribution >= 0.6 is 0 Å². The van der Waals surface area contributed by atoms with Gasteiger partial charge in [0, 0.05) is 26.0 Å². The van der Waals surface area contributed by atoms with Crippen LogP contribution in [-0.2, 0) is 11.3 Å². The van der Waals surface area contributed by atoms with Gasteiger partial charge in [0.05, 0.1) is 25.5 Å². The Morgan fingerprint density at radius 2 is 2.32 bits per heavy atom. The summed E-state index contributed by atoms with van der Waals surface area (Å²) in [4.78, 5) is 32.2. The van der Waals surface area contributed by atoms with Crippen molar-refractivity contribution in [1.82, 2.24) is 34.6 Å². The van der Waals surface area contributed by atoms with Gasteiger partial charge in [0.25, 0.3) is 0 Å². The predicted octanol–water partition coefficient (Wildman–Crippen LogP) is 0.677. The molecule has 3 aromatic heterocycles. The van der Waals surface area contributed by atoms with Gasteiger partial charge in [0.2, 0.25) is 5.91 Å². The zero-order valence-electron chi connectivity index (χ0n) is 14.0. The van der Waals surface area contributed by atoms with E-state index < -0.39 is 0 Å². The molecule has 1 aliphatic heterocycles. The molecule has 130 valence electrons. The van der Waals surface area contributed by atoms with Crippen LogP contribution in [0.25, 0.3) is 11.2 Å². The molecule has 1 saturated heterocycles. The van der Waals surface area contributed by atoms with Crippen molar-refractivity contribution in [2.45, 2.75) is 25.4 Å². The van der Waals surface area contributed by atoms with E-state index in [0.29, 0.717) is 11.5 Å². The Kier molecular flexibility index (Phi) is 4.04. The number of anilines is 1. The molecule has 4 rings (SSSR count). The van der Waals surface area contributed by atoms with Gasteiger partial charge in [-0.3, -0.25) is 9.48 Å². The minimum absolute atomic E-state index is 0.100. The lowest BCUT2D eigenvalue weighted by Gasteiger charge is -2.27. The van der Waals surface area contributed by atoms with Crippen molar-refractivity contribution >= 4 is 22.9 Å². The van der Waals surface area contributed by atoms with E-state index in [1.54, 1.807) is 12.5 Å². The highest BCUT2D eigenvalue weighted by molar-refractivity contribution is 5.87. The molecule has 3 aromatic rings. The molecule has 9 heteroatoms. The van der Waals surface area contributed by atoms with Crippen LogP contribution in [0.1, 0.15) is 12.8 Å². The molecular weight excluding hydrogens is 320 g/mol. The summed E-state index contributed by atoms with van der Waals surface area (Å²) in [5, 5.41) is 4.25. The Balaban J connectivity index is 1.46. The van der Waals surface area contributed by atoms with E-state index in [2.05, 4.69) is 25.0 Å².